The van der Waals surface area contributed by atoms with E-state index < -0.39 is 0 Å². The molecule has 0 amide bonds. The molecule has 5 nitrogen and oxygen atoms in total. The molecule has 0 aliphatic rings. The molecular formula is C13H12ClN3O2. The zero-order chi connectivity index (χ0) is 13.7. The van der Waals surface area contributed by atoms with E-state index >= 15 is 0 Å². The van der Waals surface area contributed by atoms with Crippen LogP contribution in [0.15, 0.2) is 47.8 Å². The number of halogens is 1. The van der Waals surface area contributed by atoms with Crippen LogP contribution in [0.4, 0.5) is 0 Å². The second-order valence-corrected chi connectivity index (χ2v) is 4.18. The maximum absolute atomic E-state index is 8.70. The van der Waals surface area contributed by atoms with Gasteiger partial charge in [0, 0.05) is 16.8 Å². The molecule has 1 aromatic heterocycles. The predicted octanol–water partition coefficient (Wildman–Crippen LogP) is 2.41. The number of benzene rings is 1. The Hall–Kier alpha value is -2.27. The highest BCUT2D eigenvalue weighted by Gasteiger charge is 2.08. The Morgan fingerprint density at radius 3 is 2.74 bits per heavy atom. The van der Waals surface area contributed by atoms with E-state index in [1.807, 2.05) is 0 Å². The molecule has 0 bridgehead atoms. The maximum atomic E-state index is 8.70. The van der Waals surface area contributed by atoms with E-state index in [1.54, 1.807) is 42.6 Å². The number of nitrogens with two attached hydrogens (primary N) is 1. The molecule has 1 heterocycles. The SMILES string of the molecule is NC(=NO)c1ncccc1COc1ccc(Cl)cc1. The summed E-state index contributed by atoms with van der Waals surface area (Å²) in [5.74, 6) is 0.633. The van der Waals surface area contributed by atoms with Gasteiger partial charge >= 0.3 is 0 Å². The van der Waals surface area contributed by atoms with E-state index in [0.717, 1.165) is 5.56 Å². The van der Waals surface area contributed by atoms with Crippen molar-refractivity contribution in [3.63, 3.8) is 0 Å². The zero-order valence-corrected chi connectivity index (χ0v) is 10.7. The lowest BCUT2D eigenvalue weighted by Gasteiger charge is -2.09. The summed E-state index contributed by atoms with van der Waals surface area (Å²) < 4.78 is 5.59. The molecule has 0 fully saturated rings. The summed E-state index contributed by atoms with van der Waals surface area (Å²) >= 11 is 5.79. The molecule has 0 radical (unpaired) electrons. The van der Waals surface area contributed by atoms with Gasteiger partial charge in [0.05, 0.1) is 0 Å². The Morgan fingerprint density at radius 1 is 1.32 bits per heavy atom. The molecule has 0 saturated carbocycles. The largest absolute Gasteiger partial charge is 0.489 e. The highest BCUT2D eigenvalue weighted by atomic mass is 35.5. The summed E-state index contributed by atoms with van der Waals surface area (Å²) in [7, 11) is 0. The van der Waals surface area contributed by atoms with Crippen LogP contribution in [-0.4, -0.2) is 16.0 Å². The van der Waals surface area contributed by atoms with Crippen molar-refractivity contribution in [2.75, 3.05) is 0 Å². The predicted molar refractivity (Wildman–Crippen MR) is 72.5 cm³/mol. The fourth-order valence-corrected chi connectivity index (χ4v) is 1.65. The van der Waals surface area contributed by atoms with Gasteiger partial charge in [-0.25, -0.2) is 0 Å². The molecule has 98 valence electrons. The first-order chi connectivity index (χ1) is 9.20. The summed E-state index contributed by atoms with van der Waals surface area (Å²) in [6.45, 7) is 0.265. The van der Waals surface area contributed by atoms with Gasteiger partial charge in [0.2, 0.25) is 0 Å². The average molecular weight is 278 g/mol. The first-order valence-corrected chi connectivity index (χ1v) is 5.88. The molecule has 3 N–H and O–H groups in total. The van der Waals surface area contributed by atoms with Crippen molar-refractivity contribution in [2.24, 2.45) is 10.9 Å². The van der Waals surface area contributed by atoms with Gasteiger partial charge in [-0.2, -0.15) is 0 Å². The van der Waals surface area contributed by atoms with Gasteiger partial charge < -0.3 is 15.7 Å². The monoisotopic (exact) mass is 277 g/mol. The lowest BCUT2D eigenvalue weighted by atomic mass is 10.2. The standard InChI is InChI=1S/C13H12ClN3O2/c14-10-3-5-11(6-4-10)19-8-9-2-1-7-16-12(9)13(15)17-18/h1-7,18H,8H2,(H2,15,17). The highest BCUT2D eigenvalue weighted by Crippen LogP contribution is 2.17. The molecule has 19 heavy (non-hydrogen) atoms. The minimum atomic E-state index is -0.0460. The van der Waals surface area contributed by atoms with Crippen molar-refractivity contribution in [3.8, 4) is 5.75 Å². The van der Waals surface area contributed by atoms with Crippen LogP contribution in [0, 0.1) is 0 Å². The second kappa shape index (κ2) is 6.06. The minimum absolute atomic E-state index is 0.0460. The Balaban J connectivity index is 2.13. The third-order valence-electron chi connectivity index (χ3n) is 2.45. The van der Waals surface area contributed by atoms with Crippen LogP contribution in [0.2, 0.25) is 5.02 Å². The smallest absolute Gasteiger partial charge is 0.189 e. The minimum Gasteiger partial charge on any atom is -0.489 e. The third kappa shape index (κ3) is 3.35. The topological polar surface area (TPSA) is 80.7 Å². The molecule has 0 aliphatic carbocycles. The van der Waals surface area contributed by atoms with E-state index in [1.165, 1.54) is 0 Å². The van der Waals surface area contributed by atoms with Gasteiger partial charge in [-0.15, -0.1) is 0 Å². The Kier molecular flexibility index (Phi) is 4.20. The van der Waals surface area contributed by atoms with Crippen LogP contribution >= 0.6 is 11.6 Å². The molecule has 2 aromatic rings. The third-order valence-corrected chi connectivity index (χ3v) is 2.70. The molecule has 0 spiro atoms. The first kappa shape index (κ1) is 13.2. The normalized spacial score (nSPS) is 11.3. The van der Waals surface area contributed by atoms with Crippen molar-refractivity contribution in [3.05, 3.63) is 58.9 Å². The van der Waals surface area contributed by atoms with E-state index in [-0.39, 0.29) is 12.4 Å². The molecule has 0 saturated heterocycles. The molecule has 0 unspecified atom stereocenters. The summed E-state index contributed by atoms with van der Waals surface area (Å²) in [4.78, 5) is 4.06. The van der Waals surface area contributed by atoms with Crippen LogP contribution in [-0.2, 0) is 6.61 Å². The Morgan fingerprint density at radius 2 is 2.05 bits per heavy atom. The molecular weight excluding hydrogens is 266 g/mol. The van der Waals surface area contributed by atoms with Gasteiger partial charge in [-0.05, 0) is 30.3 Å². The van der Waals surface area contributed by atoms with Gasteiger partial charge in [-0.3, -0.25) is 4.98 Å². The van der Waals surface area contributed by atoms with Gasteiger partial charge in [-0.1, -0.05) is 22.8 Å². The van der Waals surface area contributed by atoms with Crippen LogP contribution in [0.25, 0.3) is 0 Å². The van der Waals surface area contributed by atoms with Crippen LogP contribution < -0.4 is 10.5 Å². The number of hydrogen-bond donors (Lipinski definition) is 2. The van der Waals surface area contributed by atoms with E-state index in [9.17, 15) is 0 Å². The van der Waals surface area contributed by atoms with Crippen molar-refractivity contribution in [2.45, 2.75) is 6.61 Å². The highest BCUT2D eigenvalue weighted by molar-refractivity contribution is 6.30. The van der Waals surface area contributed by atoms with Gasteiger partial charge in [0.1, 0.15) is 18.1 Å². The van der Waals surface area contributed by atoms with Crippen molar-refractivity contribution >= 4 is 17.4 Å². The van der Waals surface area contributed by atoms with E-state index in [2.05, 4.69) is 10.1 Å². The lowest BCUT2D eigenvalue weighted by Crippen LogP contribution is -2.18. The lowest BCUT2D eigenvalue weighted by molar-refractivity contribution is 0.304. The van der Waals surface area contributed by atoms with Crippen molar-refractivity contribution < 1.29 is 9.94 Å². The fourth-order valence-electron chi connectivity index (χ4n) is 1.52. The number of hydrogen-bond acceptors (Lipinski definition) is 4. The quantitative estimate of drug-likeness (QED) is 0.389. The summed E-state index contributed by atoms with van der Waals surface area (Å²) in [5.41, 5.74) is 6.68. The van der Waals surface area contributed by atoms with Crippen LogP contribution in [0.3, 0.4) is 0 Å². The maximum Gasteiger partial charge on any atom is 0.189 e. The second-order valence-electron chi connectivity index (χ2n) is 3.74. The molecule has 6 heteroatoms. The summed E-state index contributed by atoms with van der Waals surface area (Å²) in [6, 6.07) is 10.6. The van der Waals surface area contributed by atoms with Crippen LogP contribution in [0.1, 0.15) is 11.3 Å². The van der Waals surface area contributed by atoms with Crippen molar-refractivity contribution in [1.82, 2.24) is 4.98 Å². The first-order valence-electron chi connectivity index (χ1n) is 5.51. The number of aromatic nitrogens is 1. The Labute approximate surface area is 115 Å². The number of pyridine rings is 1. The van der Waals surface area contributed by atoms with Gasteiger partial charge in [0.15, 0.2) is 5.84 Å². The zero-order valence-electron chi connectivity index (χ0n) is 9.95. The number of nitrogens with zero attached hydrogens (tertiary/aromatic N) is 2. The van der Waals surface area contributed by atoms with E-state index in [0.29, 0.717) is 16.5 Å². The molecule has 1 aromatic carbocycles. The van der Waals surface area contributed by atoms with Crippen LogP contribution in [0.5, 0.6) is 5.75 Å². The number of amidine groups is 1. The summed E-state index contributed by atoms with van der Waals surface area (Å²) in [6.07, 6.45) is 1.57. The molecule has 0 aliphatic heterocycles. The molecule has 0 atom stereocenters. The average Bonchev–Trinajstić information content (AvgIpc) is 2.46. The fraction of sp³-hybridized carbons (Fsp3) is 0.0769. The van der Waals surface area contributed by atoms with Gasteiger partial charge in [0.25, 0.3) is 0 Å². The molecule has 2 rings (SSSR count). The summed E-state index contributed by atoms with van der Waals surface area (Å²) in [5, 5.41) is 12.3. The number of rotatable bonds is 4. The van der Waals surface area contributed by atoms with Crippen molar-refractivity contribution in [1.29, 1.82) is 0 Å². The number of oxime groups is 1. The van der Waals surface area contributed by atoms with E-state index in [4.69, 9.17) is 27.3 Å². The number of ether oxygens (including phenoxy) is 1. The Bertz CT molecular complexity index is 585.